The van der Waals surface area contributed by atoms with Crippen LogP contribution in [0.5, 0.6) is 0 Å². The predicted octanol–water partition coefficient (Wildman–Crippen LogP) is 4.02. The predicted molar refractivity (Wildman–Crippen MR) is 132 cm³/mol. The zero-order valence-electron chi connectivity index (χ0n) is 21.0. The summed E-state index contributed by atoms with van der Waals surface area (Å²) in [6.07, 6.45) is 4.07. The maximum Gasteiger partial charge on any atom is 0.234 e. The quantitative estimate of drug-likeness (QED) is 0.352. The molecule has 0 aromatic heterocycles. The number of nitrogens with zero attached hydrogens (tertiary/aromatic N) is 1. The van der Waals surface area contributed by atoms with Gasteiger partial charge in [-0.1, -0.05) is 55.4 Å². The number of nitrogens with one attached hydrogen (secondary N) is 2. The number of aldehydes is 1. The third-order valence-corrected chi connectivity index (χ3v) is 5.47. The van der Waals surface area contributed by atoms with Crippen molar-refractivity contribution in [2.75, 3.05) is 33.2 Å². The van der Waals surface area contributed by atoms with Crippen molar-refractivity contribution in [2.45, 2.75) is 85.9 Å². The molecule has 178 valence electrons. The second-order valence-corrected chi connectivity index (χ2v) is 12.3. The minimum atomic E-state index is -0.0961. The molecule has 0 bridgehead atoms. The number of amides is 1. The van der Waals surface area contributed by atoms with Crippen LogP contribution in [0.25, 0.3) is 0 Å². The number of hydrogen-bond acceptors (Lipinski definition) is 5. The SMILES string of the molecule is CC(S)CC(C)(C)CNC(=O)CN1CC(C)CC1C=O.CNCC(C)CC(C)(C)C. The Labute approximate surface area is 191 Å². The van der Waals surface area contributed by atoms with Crippen LogP contribution in [0.3, 0.4) is 0 Å². The second kappa shape index (κ2) is 13.7. The standard InChI is InChI=1S/C15H28N2O2S.C9H21N/c1-11-5-13(9-18)17(7-11)8-14(19)16-10-15(3,4)6-12(2)20;1-8(7-10-5)6-9(2,3)4/h9,11-13,20H,5-8,10H2,1-4H3,(H,16,19);8,10H,6-7H2,1-5H3. The van der Waals surface area contributed by atoms with E-state index >= 15 is 0 Å². The van der Waals surface area contributed by atoms with E-state index in [-0.39, 0.29) is 17.4 Å². The van der Waals surface area contributed by atoms with Gasteiger partial charge < -0.3 is 15.4 Å². The van der Waals surface area contributed by atoms with Gasteiger partial charge in [0.1, 0.15) is 6.29 Å². The minimum absolute atomic E-state index is 0.00541. The molecule has 1 amide bonds. The summed E-state index contributed by atoms with van der Waals surface area (Å²) in [5.41, 5.74) is 0.523. The molecule has 0 spiro atoms. The number of rotatable bonds is 10. The highest BCUT2D eigenvalue weighted by Gasteiger charge is 2.30. The number of carbonyl (C=O) groups is 2. The molecule has 0 aromatic carbocycles. The Balaban J connectivity index is 0.000000710. The van der Waals surface area contributed by atoms with Crippen molar-refractivity contribution >= 4 is 24.8 Å². The van der Waals surface area contributed by atoms with Crippen molar-refractivity contribution < 1.29 is 9.59 Å². The first-order valence-electron chi connectivity index (χ1n) is 11.5. The molecule has 1 aliphatic rings. The van der Waals surface area contributed by atoms with Crippen LogP contribution >= 0.6 is 12.6 Å². The van der Waals surface area contributed by atoms with Crippen LogP contribution in [0.1, 0.15) is 74.7 Å². The Kier molecular flexibility index (Phi) is 13.5. The molecular formula is C24H49N3O2S. The van der Waals surface area contributed by atoms with Crippen LogP contribution < -0.4 is 10.6 Å². The summed E-state index contributed by atoms with van der Waals surface area (Å²) >= 11 is 4.40. The van der Waals surface area contributed by atoms with Crippen LogP contribution in [-0.2, 0) is 9.59 Å². The molecule has 0 aromatic rings. The van der Waals surface area contributed by atoms with Crippen molar-refractivity contribution in [1.82, 2.24) is 15.5 Å². The van der Waals surface area contributed by atoms with E-state index in [1.54, 1.807) is 0 Å². The molecule has 5 nitrogen and oxygen atoms in total. The summed E-state index contributed by atoms with van der Waals surface area (Å²) < 4.78 is 0. The van der Waals surface area contributed by atoms with E-state index in [0.29, 0.717) is 29.7 Å². The number of thiol groups is 1. The van der Waals surface area contributed by atoms with E-state index in [1.165, 1.54) is 6.42 Å². The van der Waals surface area contributed by atoms with Crippen LogP contribution in [0, 0.1) is 22.7 Å². The van der Waals surface area contributed by atoms with Gasteiger partial charge in [0.2, 0.25) is 5.91 Å². The molecule has 1 rings (SSSR count). The van der Waals surface area contributed by atoms with Gasteiger partial charge in [-0.2, -0.15) is 12.6 Å². The smallest absolute Gasteiger partial charge is 0.234 e. The normalized spacial score (nSPS) is 22.1. The van der Waals surface area contributed by atoms with Crippen LogP contribution in [0.4, 0.5) is 0 Å². The Morgan fingerprint density at radius 3 is 2.27 bits per heavy atom. The largest absolute Gasteiger partial charge is 0.354 e. The molecule has 1 aliphatic heterocycles. The summed E-state index contributed by atoms with van der Waals surface area (Å²) in [4.78, 5) is 25.0. The van der Waals surface area contributed by atoms with Gasteiger partial charge in [-0.05, 0) is 60.8 Å². The molecule has 6 heteroatoms. The second-order valence-electron chi connectivity index (χ2n) is 11.4. The number of likely N-dealkylation sites (tertiary alicyclic amines) is 1. The summed E-state index contributed by atoms with van der Waals surface area (Å²) in [5, 5.41) is 6.49. The average Bonchev–Trinajstić information content (AvgIpc) is 2.90. The van der Waals surface area contributed by atoms with Crippen LogP contribution in [0.15, 0.2) is 0 Å². The van der Waals surface area contributed by atoms with Gasteiger partial charge >= 0.3 is 0 Å². The maximum absolute atomic E-state index is 12.0. The third kappa shape index (κ3) is 14.4. The first kappa shape index (κ1) is 29.4. The Bertz CT molecular complexity index is 503. The lowest BCUT2D eigenvalue weighted by Crippen LogP contribution is -2.43. The number of hydrogen-bond donors (Lipinski definition) is 3. The number of carbonyl (C=O) groups excluding carboxylic acids is 2. The highest BCUT2D eigenvalue weighted by atomic mass is 32.1. The fourth-order valence-electron chi connectivity index (χ4n) is 4.41. The lowest BCUT2D eigenvalue weighted by Gasteiger charge is -2.27. The summed E-state index contributed by atoms with van der Waals surface area (Å²) in [7, 11) is 2.01. The first-order chi connectivity index (χ1) is 13.7. The average molecular weight is 444 g/mol. The molecule has 0 aliphatic carbocycles. The molecule has 4 unspecified atom stereocenters. The molecule has 1 saturated heterocycles. The van der Waals surface area contributed by atoms with Gasteiger partial charge in [-0.15, -0.1) is 0 Å². The van der Waals surface area contributed by atoms with Crippen molar-refractivity contribution in [3.8, 4) is 0 Å². The van der Waals surface area contributed by atoms with Crippen molar-refractivity contribution in [1.29, 1.82) is 0 Å². The van der Waals surface area contributed by atoms with Gasteiger partial charge in [0.15, 0.2) is 0 Å². The van der Waals surface area contributed by atoms with Crippen LogP contribution in [0.2, 0.25) is 0 Å². The lowest BCUT2D eigenvalue weighted by atomic mass is 9.85. The van der Waals surface area contributed by atoms with Gasteiger partial charge in [0.05, 0.1) is 12.6 Å². The topological polar surface area (TPSA) is 61.4 Å². The van der Waals surface area contributed by atoms with E-state index in [1.807, 2.05) is 11.9 Å². The zero-order chi connectivity index (χ0) is 23.5. The van der Waals surface area contributed by atoms with E-state index in [0.717, 1.165) is 38.1 Å². The molecule has 0 saturated carbocycles. The fraction of sp³-hybridized carbons (Fsp3) is 0.917. The molecule has 0 radical (unpaired) electrons. The Morgan fingerprint density at radius 2 is 1.80 bits per heavy atom. The third-order valence-electron chi connectivity index (χ3n) is 5.29. The van der Waals surface area contributed by atoms with E-state index < -0.39 is 0 Å². The monoisotopic (exact) mass is 443 g/mol. The fourth-order valence-corrected chi connectivity index (χ4v) is 4.91. The first-order valence-corrected chi connectivity index (χ1v) is 12.0. The van der Waals surface area contributed by atoms with Gasteiger partial charge in [0, 0.05) is 13.1 Å². The minimum Gasteiger partial charge on any atom is -0.354 e. The summed E-state index contributed by atoms with van der Waals surface area (Å²) in [6.45, 7) is 20.5. The molecule has 30 heavy (non-hydrogen) atoms. The lowest BCUT2D eigenvalue weighted by molar-refractivity contribution is -0.123. The Morgan fingerprint density at radius 1 is 1.20 bits per heavy atom. The maximum atomic E-state index is 12.0. The summed E-state index contributed by atoms with van der Waals surface area (Å²) in [5.74, 6) is 1.29. The van der Waals surface area contributed by atoms with E-state index in [2.05, 4.69) is 78.7 Å². The highest BCUT2D eigenvalue weighted by molar-refractivity contribution is 7.80. The highest BCUT2D eigenvalue weighted by Crippen LogP contribution is 2.24. The van der Waals surface area contributed by atoms with Crippen molar-refractivity contribution in [2.24, 2.45) is 22.7 Å². The van der Waals surface area contributed by atoms with Gasteiger partial charge in [-0.25, -0.2) is 0 Å². The van der Waals surface area contributed by atoms with E-state index in [9.17, 15) is 9.59 Å². The van der Waals surface area contributed by atoms with E-state index in [4.69, 9.17) is 0 Å². The van der Waals surface area contributed by atoms with Crippen molar-refractivity contribution in [3.05, 3.63) is 0 Å². The van der Waals surface area contributed by atoms with Crippen LogP contribution in [-0.4, -0.2) is 61.6 Å². The van der Waals surface area contributed by atoms with Crippen molar-refractivity contribution in [3.63, 3.8) is 0 Å². The Hall–Kier alpha value is -0.590. The molecule has 2 N–H and O–H groups in total. The van der Waals surface area contributed by atoms with Gasteiger partial charge in [0.25, 0.3) is 0 Å². The van der Waals surface area contributed by atoms with Gasteiger partial charge in [-0.3, -0.25) is 9.69 Å². The molecule has 1 heterocycles. The molecular weight excluding hydrogens is 394 g/mol. The molecule has 1 fully saturated rings. The zero-order valence-corrected chi connectivity index (χ0v) is 21.9. The summed E-state index contributed by atoms with van der Waals surface area (Å²) in [6, 6.07) is -0.0961. The molecule has 4 atom stereocenters.